The number of benzene rings is 2. The van der Waals surface area contributed by atoms with Crippen molar-refractivity contribution in [3.8, 4) is 0 Å². The van der Waals surface area contributed by atoms with E-state index in [0.717, 1.165) is 33.7 Å². The number of carbonyl (C=O) groups is 2. The molecule has 186 valence electrons. The van der Waals surface area contributed by atoms with Crippen LogP contribution in [0.1, 0.15) is 43.9 Å². The second-order valence-electron chi connectivity index (χ2n) is 8.66. The van der Waals surface area contributed by atoms with E-state index in [1.807, 2.05) is 26.0 Å². The summed E-state index contributed by atoms with van der Waals surface area (Å²) in [5.74, 6) is -0.789. The number of rotatable bonds is 10. The van der Waals surface area contributed by atoms with Crippen LogP contribution in [0.5, 0.6) is 0 Å². The minimum absolute atomic E-state index is 0.0554. The quantitative estimate of drug-likeness (QED) is 0.525. The number of nitrogens with zero attached hydrogens (tertiary/aromatic N) is 2. The van der Waals surface area contributed by atoms with Crippen LogP contribution < -0.4 is 9.62 Å². The van der Waals surface area contributed by atoms with Crippen molar-refractivity contribution >= 4 is 39.1 Å². The summed E-state index contributed by atoms with van der Waals surface area (Å²) < 4.78 is 26.6. The van der Waals surface area contributed by atoms with E-state index in [2.05, 4.69) is 5.32 Å². The van der Waals surface area contributed by atoms with Gasteiger partial charge >= 0.3 is 0 Å². The summed E-state index contributed by atoms with van der Waals surface area (Å²) in [6.07, 6.45) is 1.82. The topological polar surface area (TPSA) is 86.8 Å². The van der Waals surface area contributed by atoms with Crippen molar-refractivity contribution in [1.82, 2.24) is 10.2 Å². The molecule has 0 fully saturated rings. The first-order valence-corrected chi connectivity index (χ1v) is 13.5. The summed E-state index contributed by atoms with van der Waals surface area (Å²) >= 11 is 6.13. The van der Waals surface area contributed by atoms with Crippen molar-refractivity contribution in [1.29, 1.82) is 0 Å². The largest absolute Gasteiger partial charge is 0.352 e. The van der Waals surface area contributed by atoms with Crippen molar-refractivity contribution in [2.45, 2.75) is 59.7 Å². The summed E-state index contributed by atoms with van der Waals surface area (Å²) in [6, 6.07) is 11.6. The van der Waals surface area contributed by atoms with E-state index in [1.165, 1.54) is 4.90 Å². The molecule has 9 heteroatoms. The second kappa shape index (κ2) is 11.7. The number of para-hydroxylation sites is 1. The highest BCUT2D eigenvalue weighted by molar-refractivity contribution is 7.92. The molecule has 0 saturated heterocycles. The Bertz CT molecular complexity index is 1120. The molecule has 0 saturated carbocycles. The van der Waals surface area contributed by atoms with Gasteiger partial charge in [-0.05, 0) is 62.9 Å². The van der Waals surface area contributed by atoms with Crippen molar-refractivity contribution in [2.75, 3.05) is 17.1 Å². The molecule has 2 aromatic carbocycles. The van der Waals surface area contributed by atoms with Crippen LogP contribution >= 0.6 is 11.6 Å². The van der Waals surface area contributed by atoms with E-state index in [1.54, 1.807) is 51.1 Å². The number of sulfonamides is 1. The number of halogens is 1. The lowest BCUT2D eigenvalue weighted by Gasteiger charge is -2.32. The molecule has 0 aromatic heterocycles. The third-order valence-corrected chi connectivity index (χ3v) is 7.13. The van der Waals surface area contributed by atoms with Crippen molar-refractivity contribution in [2.24, 2.45) is 0 Å². The monoisotopic (exact) mass is 507 g/mol. The highest BCUT2D eigenvalue weighted by Gasteiger charge is 2.31. The maximum absolute atomic E-state index is 13.6. The lowest BCUT2D eigenvalue weighted by molar-refractivity contribution is -0.139. The van der Waals surface area contributed by atoms with Gasteiger partial charge in [-0.1, -0.05) is 48.9 Å². The van der Waals surface area contributed by atoms with E-state index < -0.39 is 28.5 Å². The highest BCUT2D eigenvalue weighted by atomic mass is 35.5. The first-order valence-electron chi connectivity index (χ1n) is 11.2. The zero-order valence-electron chi connectivity index (χ0n) is 20.6. The van der Waals surface area contributed by atoms with E-state index >= 15 is 0 Å². The van der Waals surface area contributed by atoms with Crippen LogP contribution in [0.4, 0.5) is 5.69 Å². The van der Waals surface area contributed by atoms with Gasteiger partial charge in [0.15, 0.2) is 0 Å². The standard InChI is InChI=1S/C25H34ClN3O4S/c1-7-19(4)27-25(31)20(5)28(15-21-12-9-13-22(26)14-21)23(30)16-29(34(6,32)33)24-17(2)10-8-11-18(24)3/h8-14,19-20H,7,15-16H2,1-6H3,(H,27,31)/t19-,20-/m0/s1. The molecule has 2 amide bonds. The van der Waals surface area contributed by atoms with Crippen molar-refractivity contribution in [3.05, 3.63) is 64.2 Å². The van der Waals surface area contributed by atoms with E-state index in [0.29, 0.717) is 10.7 Å². The fraction of sp³-hybridized carbons (Fsp3) is 0.440. The Labute approximate surface area is 208 Å². The molecule has 0 heterocycles. The minimum atomic E-state index is -3.78. The number of hydrogen-bond acceptors (Lipinski definition) is 4. The van der Waals surface area contributed by atoms with Gasteiger partial charge in [-0.25, -0.2) is 8.42 Å². The SMILES string of the molecule is CC[C@H](C)NC(=O)[C@H](C)N(Cc1cccc(Cl)c1)C(=O)CN(c1c(C)cccc1C)S(C)(=O)=O. The van der Waals surface area contributed by atoms with E-state index in [9.17, 15) is 18.0 Å². The van der Waals surface area contributed by atoms with Gasteiger partial charge in [0.1, 0.15) is 12.6 Å². The van der Waals surface area contributed by atoms with Gasteiger partial charge in [0, 0.05) is 17.6 Å². The number of anilines is 1. The summed E-state index contributed by atoms with van der Waals surface area (Å²) in [6.45, 7) is 8.78. The Morgan fingerprint density at radius 1 is 1.06 bits per heavy atom. The van der Waals surface area contributed by atoms with E-state index in [4.69, 9.17) is 11.6 Å². The van der Waals surface area contributed by atoms with Crippen LogP contribution in [0, 0.1) is 13.8 Å². The molecule has 0 radical (unpaired) electrons. The Kier molecular flexibility index (Phi) is 9.53. The molecule has 2 atom stereocenters. The van der Waals surface area contributed by atoms with E-state index in [-0.39, 0.29) is 18.5 Å². The van der Waals surface area contributed by atoms with Gasteiger partial charge in [0.05, 0.1) is 11.9 Å². The van der Waals surface area contributed by atoms with Crippen LogP contribution in [-0.2, 0) is 26.2 Å². The van der Waals surface area contributed by atoms with Crippen molar-refractivity contribution in [3.63, 3.8) is 0 Å². The number of carbonyl (C=O) groups excluding carboxylic acids is 2. The molecular weight excluding hydrogens is 474 g/mol. The third kappa shape index (κ3) is 7.21. The zero-order valence-corrected chi connectivity index (χ0v) is 22.2. The third-order valence-electron chi connectivity index (χ3n) is 5.78. The molecule has 0 aliphatic heterocycles. The minimum Gasteiger partial charge on any atom is -0.352 e. The predicted molar refractivity (Wildman–Crippen MR) is 137 cm³/mol. The molecule has 0 bridgehead atoms. The molecule has 34 heavy (non-hydrogen) atoms. The maximum Gasteiger partial charge on any atom is 0.244 e. The number of hydrogen-bond donors (Lipinski definition) is 1. The van der Waals surface area contributed by atoms with Crippen LogP contribution in [0.2, 0.25) is 5.02 Å². The molecule has 2 aromatic rings. The Balaban J connectivity index is 2.45. The summed E-state index contributed by atoms with van der Waals surface area (Å²) in [7, 11) is -3.78. The van der Waals surface area contributed by atoms with Crippen molar-refractivity contribution < 1.29 is 18.0 Å². The van der Waals surface area contributed by atoms with Gasteiger partial charge in [0.2, 0.25) is 21.8 Å². The number of nitrogens with one attached hydrogen (secondary N) is 1. The summed E-state index contributed by atoms with van der Waals surface area (Å²) in [5, 5.41) is 3.41. The Morgan fingerprint density at radius 2 is 1.65 bits per heavy atom. The van der Waals surface area contributed by atoms with Crippen LogP contribution in [0.15, 0.2) is 42.5 Å². The Morgan fingerprint density at radius 3 is 2.18 bits per heavy atom. The normalized spacial score (nSPS) is 13.1. The average Bonchev–Trinajstić information content (AvgIpc) is 2.75. The highest BCUT2D eigenvalue weighted by Crippen LogP contribution is 2.27. The maximum atomic E-state index is 13.6. The first-order chi connectivity index (χ1) is 15.8. The lowest BCUT2D eigenvalue weighted by atomic mass is 10.1. The van der Waals surface area contributed by atoms with Gasteiger partial charge in [-0.2, -0.15) is 0 Å². The average molecular weight is 508 g/mol. The predicted octanol–water partition coefficient (Wildman–Crippen LogP) is 4.05. The van der Waals surface area contributed by atoms with Crippen LogP contribution in [0.25, 0.3) is 0 Å². The molecule has 0 aliphatic rings. The first kappa shape index (κ1) is 27.7. The fourth-order valence-corrected chi connectivity index (χ4v) is 4.83. The molecule has 7 nitrogen and oxygen atoms in total. The molecule has 1 N–H and O–H groups in total. The summed E-state index contributed by atoms with van der Waals surface area (Å²) in [4.78, 5) is 27.9. The molecule has 2 rings (SSSR count). The van der Waals surface area contributed by atoms with Gasteiger partial charge < -0.3 is 10.2 Å². The molecule has 0 aliphatic carbocycles. The molecular formula is C25H34ClN3O4S. The zero-order chi connectivity index (χ0) is 25.6. The summed E-state index contributed by atoms with van der Waals surface area (Å²) in [5.41, 5.74) is 2.68. The van der Waals surface area contributed by atoms with Gasteiger partial charge in [-0.3, -0.25) is 13.9 Å². The Hall–Kier alpha value is -2.58. The van der Waals surface area contributed by atoms with Gasteiger partial charge in [0.25, 0.3) is 0 Å². The smallest absolute Gasteiger partial charge is 0.244 e. The fourth-order valence-electron chi connectivity index (χ4n) is 3.66. The van der Waals surface area contributed by atoms with Crippen LogP contribution in [0.3, 0.4) is 0 Å². The molecule has 0 unspecified atom stereocenters. The lowest BCUT2D eigenvalue weighted by Crippen LogP contribution is -2.52. The van der Waals surface area contributed by atoms with Crippen LogP contribution in [-0.4, -0.2) is 50.0 Å². The molecule has 0 spiro atoms. The second-order valence-corrected chi connectivity index (χ2v) is 11.0. The number of amides is 2. The number of aryl methyl sites for hydroxylation is 2. The van der Waals surface area contributed by atoms with Gasteiger partial charge in [-0.15, -0.1) is 0 Å².